The number of nitrogens with zero attached hydrogens (tertiary/aromatic N) is 1. The minimum absolute atomic E-state index is 0.121. The molecule has 0 atom stereocenters. The van der Waals surface area contributed by atoms with Crippen molar-refractivity contribution in [3.05, 3.63) is 68.0 Å². The molecule has 0 fully saturated rings. The number of benzene rings is 2. The Hall–Kier alpha value is -1.89. The van der Waals surface area contributed by atoms with Crippen LogP contribution in [0.1, 0.15) is 5.56 Å². The number of nitrogens with one attached hydrogen (secondary N) is 2. The van der Waals surface area contributed by atoms with Gasteiger partial charge in [-0.2, -0.15) is 0 Å². The van der Waals surface area contributed by atoms with Crippen LogP contribution in [0.15, 0.2) is 53.3 Å². The van der Waals surface area contributed by atoms with Gasteiger partial charge in [-0.15, -0.1) is 0 Å². The number of rotatable bonds is 3. The highest BCUT2D eigenvalue weighted by Gasteiger charge is 2.04. The fourth-order valence-corrected chi connectivity index (χ4v) is 2.47. The van der Waals surface area contributed by atoms with E-state index < -0.39 is 0 Å². The van der Waals surface area contributed by atoms with Crippen LogP contribution in [0.2, 0.25) is 0 Å². The van der Waals surface area contributed by atoms with Gasteiger partial charge in [0, 0.05) is 10.1 Å². The second-order valence-corrected chi connectivity index (χ2v) is 5.66. The predicted octanol–water partition coefficient (Wildman–Crippen LogP) is 3.14. The summed E-state index contributed by atoms with van der Waals surface area (Å²) >= 11 is 2.18. The highest BCUT2D eigenvalue weighted by Crippen LogP contribution is 2.13. The van der Waals surface area contributed by atoms with Crippen molar-refractivity contribution in [3.8, 4) is 0 Å². The van der Waals surface area contributed by atoms with Gasteiger partial charge < -0.3 is 5.32 Å². The molecule has 0 spiro atoms. The third-order valence-electron chi connectivity index (χ3n) is 2.97. The summed E-state index contributed by atoms with van der Waals surface area (Å²) in [5, 5.41) is 3.75. The van der Waals surface area contributed by atoms with Crippen molar-refractivity contribution < 1.29 is 0 Å². The standard InChI is InChI=1S/C15H12IN3O/c16-11-6-7-13-12(8-11)14(20)19-15(18-13)17-9-10-4-2-1-3-5-10/h1-8H,9H2,(H2,17,18,19,20). The van der Waals surface area contributed by atoms with Gasteiger partial charge in [0.15, 0.2) is 0 Å². The maximum absolute atomic E-state index is 12.0. The Bertz CT molecular complexity index is 799. The normalized spacial score (nSPS) is 10.7. The average Bonchev–Trinajstić information content (AvgIpc) is 2.47. The number of halogens is 1. The summed E-state index contributed by atoms with van der Waals surface area (Å²) in [6.45, 7) is 0.625. The van der Waals surface area contributed by atoms with Gasteiger partial charge in [0.1, 0.15) is 0 Å². The van der Waals surface area contributed by atoms with Gasteiger partial charge in [-0.1, -0.05) is 30.3 Å². The maximum atomic E-state index is 12.0. The lowest BCUT2D eigenvalue weighted by molar-refractivity contribution is 1.06. The first-order chi connectivity index (χ1) is 9.72. The molecule has 0 radical (unpaired) electrons. The van der Waals surface area contributed by atoms with Crippen molar-refractivity contribution in [2.45, 2.75) is 6.54 Å². The summed E-state index contributed by atoms with van der Waals surface area (Å²) < 4.78 is 1.02. The molecular weight excluding hydrogens is 365 g/mol. The van der Waals surface area contributed by atoms with Crippen LogP contribution in [0, 0.1) is 3.57 Å². The molecule has 100 valence electrons. The quantitative estimate of drug-likeness (QED) is 0.690. The minimum atomic E-state index is -0.121. The number of H-pyrrole nitrogens is 1. The zero-order valence-corrected chi connectivity index (χ0v) is 12.7. The summed E-state index contributed by atoms with van der Waals surface area (Å²) in [5.41, 5.74) is 1.71. The first kappa shape index (κ1) is 13.1. The Morgan fingerprint density at radius 3 is 2.75 bits per heavy atom. The SMILES string of the molecule is O=c1[nH]c(NCc2ccccc2)nc2ccc(I)cc12. The first-order valence-corrected chi connectivity index (χ1v) is 7.27. The summed E-state index contributed by atoms with van der Waals surface area (Å²) in [4.78, 5) is 19.2. The summed E-state index contributed by atoms with van der Waals surface area (Å²) in [6.07, 6.45) is 0. The molecule has 3 rings (SSSR count). The van der Waals surface area contributed by atoms with E-state index in [0.29, 0.717) is 23.4 Å². The van der Waals surface area contributed by atoms with Crippen molar-refractivity contribution in [2.24, 2.45) is 0 Å². The molecule has 2 aromatic carbocycles. The average molecular weight is 377 g/mol. The van der Waals surface area contributed by atoms with E-state index in [1.54, 1.807) is 0 Å². The van der Waals surface area contributed by atoms with Crippen molar-refractivity contribution in [1.29, 1.82) is 0 Å². The lowest BCUT2D eigenvalue weighted by Gasteiger charge is -2.06. The van der Waals surface area contributed by atoms with Gasteiger partial charge in [0.2, 0.25) is 5.95 Å². The van der Waals surface area contributed by atoms with Crippen LogP contribution < -0.4 is 10.9 Å². The van der Waals surface area contributed by atoms with E-state index in [-0.39, 0.29) is 5.56 Å². The molecular formula is C15H12IN3O. The van der Waals surface area contributed by atoms with Crippen LogP contribution in [0.5, 0.6) is 0 Å². The summed E-state index contributed by atoms with van der Waals surface area (Å²) in [7, 11) is 0. The van der Waals surface area contributed by atoms with Crippen molar-refractivity contribution in [1.82, 2.24) is 9.97 Å². The number of aromatic nitrogens is 2. The smallest absolute Gasteiger partial charge is 0.260 e. The molecule has 3 aromatic rings. The van der Waals surface area contributed by atoms with E-state index in [4.69, 9.17) is 0 Å². The number of hydrogen-bond donors (Lipinski definition) is 2. The largest absolute Gasteiger partial charge is 0.352 e. The van der Waals surface area contributed by atoms with Crippen molar-refractivity contribution >= 4 is 39.4 Å². The Morgan fingerprint density at radius 1 is 1.15 bits per heavy atom. The Labute approximate surface area is 129 Å². The molecule has 1 aromatic heterocycles. The lowest BCUT2D eigenvalue weighted by atomic mass is 10.2. The van der Waals surface area contributed by atoms with E-state index in [1.165, 1.54) is 0 Å². The van der Waals surface area contributed by atoms with E-state index in [2.05, 4.69) is 37.9 Å². The fraction of sp³-hybridized carbons (Fsp3) is 0.0667. The molecule has 0 aliphatic heterocycles. The van der Waals surface area contributed by atoms with Crippen LogP contribution in [0.3, 0.4) is 0 Å². The second kappa shape index (κ2) is 5.62. The fourth-order valence-electron chi connectivity index (χ4n) is 1.98. The molecule has 0 unspecified atom stereocenters. The van der Waals surface area contributed by atoms with Crippen LogP contribution in [-0.4, -0.2) is 9.97 Å². The Kier molecular flexibility index (Phi) is 3.68. The van der Waals surface area contributed by atoms with Crippen LogP contribution in [0.25, 0.3) is 10.9 Å². The van der Waals surface area contributed by atoms with Gasteiger partial charge >= 0.3 is 0 Å². The monoisotopic (exact) mass is 377 g/mol. The molecule has 0 aliphatic carbocycles. The van der Waals surface area contributed by atoms with Crippen LogP contribution >= 0.6 is 22.6 Å². The zero-order chi connectivity index (χ0) is 13.9. The number of aromatic amines is 1. The molecule has 1 heterocycles. The third-order valence-corrected chi connectivity index (χ3v) is 3.64. The lowest BCUT2D eigenvalue weighted by Crippen LogP contribution is -2.13. The summed E-state index contributed by atoms with van der Waals surface area (Å²) in [5.74, 6) is 0.493. The topological polar surface area (TPSA) is 57.8 Å². The maximum Gasteiger partial charge on any atom is 0.260 e. The molecule has 4 nitrogen and oxygen atoms in total. The highest BCUT2D eigenvalue weighted by atomic mass is 127. The summed E-state index contributed by atoms with van der Waals surface area (Å²) in [6, 6.07) is 15.6. The van der Waals surface area contributed by atoms with Gasteiger partial charge in [0.05, 0.1) is 10.9 Å². The zero-order valence-electron chi connectivity index (χ0n) is 10.6. The van der Waals surface area contributed by atoms with Crippen molar-refractivity contribution in [3.63, 3.8) is 0 Å². The molecule has 0 bridgehead atoms. The highest BCUT2D eigenvalue weighted by molar-refractivity contribution is 14.1. The third kappa shape index (κ3) is 2.82. The van der Waals surface area contributed by atoms with Gasteiger partial charge in [-0.05, 0) is 46.4 Å². The van der Waals surface area contributed by atoms with Crippen LogP contribution in [-0.2, 0) is 6.54 Å². The first-order valence-electron chi connectivity index (χ1n) is 6.20. The molecule has 20 heavy (non-hydrogen) atoms. The number of fused-ring (bicyclic) bond motifs is 1. The van der Waals surface area contributed by atoms with Crippen LogP contribution in [0.4, 0.5) is 5.95 Å². The number of anilines is 1. The Balaban J connectivity index is 1.89. The van der Waals surface area contributed by atoms with E-state index in [9.17, 15) is 4.79 Å². The predicted molar refractivity (Wildman–Crippen MR) is 88.8 cm³/mol. The molecule has 0 aliphatic rings. The molecule has 0 saturated heterocycles. The second-order valence-electron chi connectivity index (χ2n) is 4.42. The molecule has 0 amide bonds. The van der Waals surface area contributed by atoms with Crippen molar-refractivity contribution in [2.75, 3.05) is 5.32 Å². The molecule has 5 heteroatoms. The Morgan fingerprint density at radius 2 is 1.95 bits per heavy atom. The van der Waals surface area contributed by atoms with Gasteiger partial charge in [-0.25, -0.2) is 4.98 Å². The minimum Gasteiger partial charge on any atom is -0.352 e. The van der Waals surface area contributed by atoms with E-state index >= 15 is 0 Å². The van der Waals surface area contributed by atoms with E-state index in [1.807, 2.05) is 48.5 Å². The molecule has 0 saturated carbocycles. The van der Waals surface area contributed by atoms with E-state index in [0.717, 1.165) is 9.13 Å². The number of hydrogen-bond acceptors (Lipinski definition) is 3. The van der Waals surface area contributed by atoms with Gasteiger partial charge in [0.25, 0.3) is 5.56 Å². The van der Waals surface area contributed by atoms with Gasteiger partial charge in [-0.3, -0.25) is 9.78 Å². The molecule has 2 N–H and O–H groups in total.